The van der Waals surface area contributed by atoms with Crippen molar-refractivity contribution < 1.29 is 27.8 Å². The highest BCUT2D eigenvalue weighted by atomic mass is 19.3. The van der Waals surface area contributed by atoms with Crippen LogP contribution in [0.4, 0.5) is 8.78 Å². The number of methoxy groups -OCH3 is 1. The third-order valence-corrected chi connectivity index (χ3v) is 5.01. The summed E-state index contributed by atoms with van der Waals surface area (Å²) in [5.74, 6) is -0.612. The standard InChI is InChI=1S/C21H18F2N2O4/c1-28-20(27)13-4-7-17-15(10-13)16-11-25(9-8-18(16)24-17)19(26)12-2-5-14(6-3-12)29-21(22)23/h2-7,10,21,24H,8-9,11H2,1H3. The van der Waals surface area contributed by atoms with E-state index in [0.29, 0.717) is 30.6 Å². The van der Waals surface area contributed by atoms with Crippen LogP contribution in [0.25, 0.3) is 10.9 Å². The Kier molecular flexibility index (Phi) is 4.92. The summed E-state index contributed by atoms with van der Waals surface area (Å²) in [6, 6.07) is 10.9. The van der Waals surface area contributed by atoms with Crippen LogP contribution in [-0.2, 0) is 17.7 Å². The van der Waals surface area contributed by atoms with Crippen LogP contribution in [0.1, 0.15) is 32.0 Å². The van der Waals surface area contributed by atoms with Crippen LogP contribution < -0.4 is 4.74 Å². The van der Waals surface area contributed by atoms with E-state index in [-0.39, 0.29) is 11.7 Å². The zero-order valence-electron chi connectivity index (χ0n) is 15.6. The highest BCUT2D eigenvalue weighted by Gasteiger charge is 2.25. The maximum atomic E-state index is 12.9. The van der Waals surface area contributed by atoms with Crippen LogP contribution in [-0.4, -0.2) is 42.0 Å². The van der Waals surface area contributed by atoms with Gasteiger partial charge in [0.15, 0.2) is 0 Å². The van der Waals surface area contributed by atoms with E-state index in [4.69, 9.17) is 4.74 Å². The van der Waals surface area contributed by atoms with Crippen molar-refractivity contribution in [2.45, 2.75) is 19.6 Å². The molecule has 8 heteroatoms. The normalized spacial score (nSPS) is 13.4. The molecule has 0 bridgehead atoms. The second kappa shape index (κ2) is 7.54. The molecule has 3 aromatic rings. The molecule has 150 valence electrons. The van der Waals surface area contributed by atoms with Crippen LogP contribution >= 0.6 is 0 Å². The summed E-state index contributed by atoms with van der Waals surface area (Å²) >= 11 is 0. The van der Waals surface area contributed by atoms with Crippen molar-refractivity contribution >= 4 is 22.8 Å². The molecule has 4 rings (SSSR count). The molecule has 6 nitrogen and oxygen atoms in total. The Morgan fingerprint density at radius 2 is 1.83 bits per heavy atom. The minimum atomic E-state index is -2.91. The van der Waals surface area contributed by atoms with Crippen LogP contribution in [0.3, 0.4) is 0 Å². The number of hydrogen-bond acceptors (Lipinski definition) is 4. The molecule has 1 amide bonds. The third-order valence-electron chi connectivity index (χ3n) is 5.01. The molecule has 0 radical (unpaired) electrons. The molecule has 0 aliphatic carbocycles. The van der Waals surface area contributed by atoms with Crippen molar-refractivity contribution in [2.75, 3.05) is 13.7 Å². The molecular formula is C21H18F2N2O4. The second-order valence-electron chi connectivity index (χ2n) is 6.71. The van der Waals surface area contributed by atoms with Crippen LogP contribution in [0.5, 0.6) is 5.75 Å². The van der Waals surface area contributed by atoms with Gasteiger partial charge in [0, 0.05) is 47.2 Å². The van der Waals surface area contributed by atoms with E-state index in [1.54, 1.807) is 17.0 Å². The van der Waals surface area contributed by atoms with E-state index >= 15 is 0 Å². The van der Waals surface area contributed by atoms with Crippen LogP contribution in [0, 0.1) is 0 Å². The monoisotopic (exact) mass is 400 g/mol. The predicted octanol–water partition coefficient (Wildman–Crippen LogP) is 3.75. The van der Waals surface area contributed by atoms with Crippen molar-refractivity contribution in [1.82, 2.24) is 9.88 Å². The number of fused-ring (bicyclic) bond motifs is 3. The lowest BCUT2D eigenvalue weighted by Crippen LogP contribution is -2.35. The van der Waals surface area contributed by atoms with Gasteiger partial charge in [-0.05, 0) is 42.5 Å². The maximum absolute atomic E-state index is 12.9. The number of aromatic amines is 1. The van der Waals surface area contributed by atoms with Crippen molar-refractivity contribution in [3.63, 3.8) is 0 Å². The molecule has 1 aromatic heterocycles. The van der Waals surface area contributed by atoms with Gasteiger partial charge in [-0.25, -0.2) is 4.79 Å². The van der Waals surface area contributed by atoms with Gasteiger partial charge in [-0.1, -0.05) is 0 Å². The molecule has 2 aromatic carbocycles. The minimum Gasteiger partial charge on any atom is -0.465 e. The number of ether oxygens (including phenoxy) is 2. The number of rotatable bonds is 4. The molecule has 0 atom stereocenters. The van der Waals surface area contributed by atoms with Crippen LogP contribution in [0.15, 0.2) is 42.5 Å². The number of esters is 1. The molecule has 0 spiro atoms. The third kappa shape index (κ3) is 3.65. The summed E-state index contributed by atoms with van der Waals surface area (Å²) in [6.07, 6.45) is 0.649. The van der Waals surface area contributed by atoms with Gasteiger partial charge in [-0.3, -0.25) is 4.79 Å². The molecule has 1 N–H and O–H groups in total. The van der Waals surface area contributed by atoms with Gasteiger partial charge in [0.05, 0.1) is 12.7 Å². The number of hydrogen-bond donors (Lipinski definition) is 1. The Balaban J connectivity index is 1.58. The van der Waals surface area contributed by atoms with E-state index < -0.39 is 12.6 Å². The van der Waals surface area contributed by atoms with E-state index in [1.165, 1.54) is 31.4 Å². The zero-order valence-corrected chi connectivity index (χ0v) is 15.6. The fourth-order valence-electron chi connectivity index (χ4n) is 3.59. The number of nitrogens with one attached hydrogen (secondary N) is 1. The highest BCUT2D eigenvalue weighted by Crippen LogP contribution is 2.29. The summed E-state index contributed by atoms with van der Waals surface area (Å²) in [7, 11) is 1.33. The average molecular weight is 400 g/mol. The first-order chi connectivity index (χ1) is 14.0. The number of H-pyrrole nitrogens is 1. The van der Waals surface area contributed by atoms with Crippen LogP contribution in [0.2, 0.25) is 0 Å². The average Bonchev–Trinajstić information content (AvgIpc) is 3.09. The minimum absolute atomic E-state index is 0.00412. The number of alkyl halides is 2. The molecule has 0 fully saturated rings. The number of benzene rings is 2. The first-order valence-electron chi connectivity index (χ1n) is 9.02. The highest BCUT2D eigenvalue weighted by molar-refractivity contribution is 5.97. The summed E-state index contributed by atoms with van der Waals surface area (Å²) in [5, 5.41) is 0.876. The Labute approximate surface area is 165 Å². The van der Waals surface area contributed by atoms with Crippen molar-refractivity contribution in [3.05, 3.63) is 64.8 Å². The Morgan fingerprint density at radius 1 is 1.10 bits per heavy atom. The number of aromatic nitrogens is 1. The van der Waals surface area contributed by atoms with E-state index in [0.717, 1.165) is 22.2 Å². The SMILES string of the molecule is COC(=O)c1ccc2[nH]c3c(c2c1)CN(C(=O)c1ccc(OC(F)F)cc1)CC3. The van der Waals surface area contributed by atoms with Gasteiger partial charge in [-0.2, -0.15) is 8.78 Å². The van der Waals surface area contributed by atoms with E-state index in [9.17, 15) is 18.4 Å². The first kappa shape index (κ1) is 18.9. The van der Waals surface area contributed by atoms with Gasteiger partial charge in [0.25, 0.3) is 5.91 Å². The molecule has 1 aliphatic rings. The zero-order chi connectivity index (χ0) is 20.5. The predicted molar refractivity (Wildman–Crippen MR) is 101 cm³/mol. The smallest absolute Gasteiger partial charge is 0.387 e. The number of carbonyl (C=O) groups excluding carboxylic acids is 2. The van der Waals surface area contributed by atoms with E-state index in [2.05, 4.69) is 9.72 Å². The lowest BCUT2D eigenvalue weighted by atomic mass is 10.0. The molecular weight excluding hydrogens is 382 g/mol. The Bertz CT molecular complexity index is 1080. The van der Waals surface area contributed by atoms with Gasteiger partial charge in [0.1, 0.15) is 5.75 Å². The van der Waals surface area contributed by atoms with Crippen molar-refractivity contribution in [1.29, 1.82) is 0 Å². The number of amides is 1. The first-order valence-corrected chi connectivity index (χ1v) is 9.02. The molecule has 0 unspecified atom stereocenters. The Morgan fingerprint density at radius 3 is 2.52 bits per heavy atom. The molecule has 0 saturated carbocycles. The summed E-state index contributed by atoms with van der Waals surface area (Å²) in [4.78, 5) is 29.8. The second-order valence-corrected chi connectivity index (χ2v) is 6.71. The molecule has 1 aliphatic heterocycles. The topological polar surface area (TPSA) is 71.6 Å². The summed E-state index contributed by atoms with van der Waals surface area (Å²) in [5.41, 5.74) is 3.73. The number of nitrogens with zero attached hydrogens (tertiary/aromatic N) is 1. The van der Waals surface area contributed by atoms with Gasteiger partial charge < -0.3 is 19.4 Å². The van der Waals surface area contributed by atoms with Gasteiger partial charge in [-0.15, -0.1) is 0 Å². The lowest BCUT2D eigenvalue weighted by Gasteiger charge is -2.27. The number of carbonyl (C=O) groups is 2. The largest absolute Gasteiger partial charge is 0.465 e. The fraction of sp³-hybridized carbons (Fsp3) is 0.238. The van der Waals surface area contributed by atoms with Crippen molar-refractivity contribution in [2.24, 2.45) is 0 Å². The molecule has 29 heavy (non-hydrogen) atoms. The molecule has 2 heterocycles. The molecule has 0 saturated heterocycles. The van der Waals surface area contributed by atoms with Gasteiger partial charge in [0.2, 0.25) is 0 Å². The fourth-order valence-corrected chi connectivity index (χ4v) is 3.59. The quantitative estimate of drug-likeness (QED) is 0.677. The van der Waals surface area contributed by atoms with Crippen molar-refractivity contribution in [3.8, 4) is 5.75 Å². The lowest BCUT2D eigenvalue weighted by molar-refractivity contribution is -0.0498. The Hall–Kier alpha value is -3.42. The van der Waals surface area contributed by atoms with Gasteiger partial charge >= 0.3 is 12.6 Å². The maximum Gasteiger partial charge on any atom is 0.387 e. The van der Waals surface area contributed by atoms with E-state index in [1.807, 2.05) is 6.07 Å². The summed E-state index contributed by atoms with van der Waals surface area (Å²) in [6.45, 7) is -2.00. The summed E-state index contributed by atoms with van der Waals surface area (Å²) < 4.78 is 33.7. The number of halogens is 2.